The van der Waals surface area contributed by atoms with Gasteiger partial charge in [-0.1, -0.05) is 18.2 Å². The third kappa shape index (κ3) is 2.00. The van der Waals surface area contributed by atoms with E-state index >= 15 is 0 Å². The van der Waals surface area contributed by atoms with Crippen molar-refractivity contribution in [3.63, 3.8) is 0 Å². The Kier molecular flexibility index (Phi) is 3.09. The topological polar surface area (TPSA) is 88.5 Å². The molecule has 6 heteroatoms. The van der Waals surface area contributed by atoms with Crippen molar-refractivity contribution >= 4 is 22.6 Å². The van der Waals surface area contributed by atoms with Gasteiger partial charge in [0.25, 0.3) is 5.78 Å². The maximum atomic E-state index is 12.5. The van der Waals surface area contributed by atoms with Crippen LogP contribution in [0.1, 0.15) is 19.4 Å². The fourth-order valence-corrected chi connectivity index (χ4v) is 2.56. The first-order valence-corrected chi connectivity index (χ1v) is 6.72. The van der Waals surface area contributed by atoms with Gasteiger partial charge in [-0.15, -0.1) is 0 Å². The zero-order valence-corrected chi connectivity index (χ0v) is 12.1. The Labute approximate surface area is 126 Å². The summed E-state index contributed by atoms with van der Waals surface area (Å²) in [4.78, 5) is 27.9. The van der Waals surface area contributed by atoms with Crippen LogP contribution in [-0.4, -0.2) is 21.8 Å². The number of Topliss-reactive ketones (excluding diaryl/α,β-unsaturated/α-hetero) is 1. The molecule has 2 aromatic rings. The molecular formula is C16H14N2O4. The highest BCUT2D eigenvalue weighted by atomic mass is 16.5. The zero-order valence-electron chi connectivity index (χ0n) is 12.1. The molecule has 0 bridgehead atoms. The lowest BCUT2D eigenvalue weighted by atomic mass is 9.89. The molecule has 1 aromatic heterocycles. The van der Waals surface area contributed by atoms with Crippen LogP contribution in [0.5, 0.6) is 0 Å². The number of carbonyl (C=O) groups is 2. The number of pyridine rings is 1. The largest absolute Gasteiger partial charge is 0.501 e. The van der Waals surface area contributed by atoms with Crippen molar-refractivity contribution < 1.29 is 19.4 Å². The van der Waals surface area contributed by atoms with E-state index in [2.05, 4.69) is 10.3 Å². The van der Waals surface area contributed by atoms with Gasteiger partial charge in [0.15, 0.2) is 5.60 Å². The highest BCUT2D eigenvalue weighted by molar-refractivity contribution is 6.05. The summed E-state index contributed by atoms with van der Waals surface area (Å²) in [7, 11) is 0. The van der Waals surface area contributed by atoms with Crippen molar-refractivity contribution in [2.45, 2.75) is 19.4 Å². The third-order valence-electron chi connectivity index (χ3n) is 3.62. The second-order valence-corrected chi connectivity index (χ2v) is 5.20. The molecule has 1 amide bonds. The van der Waals surface area contributed by atoms with E-state index in [0.717, 1.165) is 5.39 Å². The van der Waals surface area contributed by atoms with Gasteiger partial charge in [0.1, 0.15) is 0 Å². The molecule has 0 aliphatic carbocycles. The Morgan fingerprint density at radius 1 is 1.32 bits per heavy atom. The lowest BCUT2D eigenvalue weighted by Gasteiger charge is -2.24. The number of benzene rings is 1. The summed E-state index contributed by atoms with van der Waals surface area (Å²) in [6.07, 6.45) is 1.58. The number of nitrogens with zero attached hydrogens (tertiary/aromatic N) is 1. The minimum absolute atomic E-state index is 0.221. The van der Waals surface area contributed by atoms with Gasteiger partial charge in [-0.2, -0.15) is 0 Å². The van der Waals surface area contributed by atoms with Gasteiger partial charge in [-0.05, 0) is 19.1 Å². The number of ketones is 1. The predicted molar refractivity (Wildman–Crippen MR) is 78.7 cm³/mol. The molecule has 6 nitrogen and oxygen atoms in total. The molecule has 1 atom stereocenters. The van der Waals surface area contributed by atoms with Crippen LogP contribution >= 0.6 is 0 Å². The number of fused-ring (bicyclic) bond motifs is 1. The Morgan fingerprint density at radius 3 is 2.77 bits per heavy atom. The van der Waals surface area contributed by atoms with E-state index in [4.69, 9.17) is 4.74 Å². The van der Waals surface area contributed by atoms with E-state index < -0.39 is 23.1 Å². The number of hydrogen-bond donors (Lipinski definition) is 2. The maximum Gasteiger partial charge on any atom is 0.250 e. The molecule has 3 rings (SSSR count). The fraction of sp³-hybridized carbons (Fsp3) is 0.188. The SMILES string of the molecule is CC(=O)NC1=C(O)C(=O)C(C)(c2ccnc3ccccc23)O1. The lowest BCUT2D eigenvalue weighted by molar-refractivity contribution is -0.132. The number of rotatable bonds is 2. The van der Waals surface area contributed by atoms with Crippen LogP contribution in [0.3, 0.4) is 0 Å². The van der Waals surface area contributed by atoms with Crippen molar-refractivity contribution in [1.82, 2.24) is 10.3 Å². The van der Waals surface area contributed by atoms with Crippen molar-refractivity contribution in [3.05, 3.63) is 53.7 Å². The van der Waals surface area contributed by atoms with Crippen molar-refractivity contribution in [2.24, 2.45) is 0 Å². The summed E-state index contributed by atoms with van der Waals surface area (Å²) in [5.41, 5.74) is -0.121. The normalized spacial score (nSPS) is 21.1. The number of aliphatic hydroxyl groups is 1. The minimum atomic E-state index is -1.41. The van der Waals surface area contributed by atoms with Gasteiger partial charge in [-0.25, -0.2) is 0 Å². The molecule has 22 heavy (non-hydrogen) atoms. The van der Waals surface area contributed by atoms with Crippen LogP contribution in [0.25, 0.3) is 10.9 Å². The van der Waals surface area contributed by atoms with E-state index in [0.29, 0.717) is 11.1 Å². The van der Waals surface area contributed by atoms with Crippen LogP contribution in [0, 0.1) is 0 Å². The van der Waals surface area contributed by atoms with E-state index in [1.54, 1.807) is 19.2 Å². The lowest BCUT2D eigenvalue weighted by Crippen LogP contribution is -2.32. The Morgan fingerprint density at radius 2 is 2.05 bits per heavy atom. The molecular weight excluding hydrogens is 284 g/mol. The summed E-state index contributed by atoms with van der Waals surface area (Å²) in [5, 5.41) is 13.0. The molecule has 2 heterocycles. The number of aromatic nitrogens is 1. The average Bonchev–Trinajstić information content (AvgIpc) is 2.71. The molecule has 0 spiro atoms. The number of ether oxygens (including phenoxy) is 1. The summed E-state index contributed by atoms with van der Waals surface area (Å²) in [6, 6.07) is 9.00. The second-order valence-electron chi connectivity index (χ2n) is 5.20. The van der Waals surface area contributed by atoms with E-state index in [1.807, 2.05) is 24.3 Å². The number of nitrogens with one attached hydrogen (secondary N) is 1. The van der Waals surface area contributed by atoms with E-state index in [-0.39, 0.29) is 5.88 Å². The molecule has 0 fully saturated rings. The van der Waals surface area contributed by atoms with Crippen molar-refractivity contribution in [3.8, 4) is 0 Å². The molecule has 0 saturated heterocycles. The molecule has 0 saturated carbocycles. The standard InChI is InChI=1S/C16H14N2O4/c1-9(19)18-15-13(20)14(21)16(2,22-15)11-7-8-17-12-6-4-3-5-10(11)12/h3-8,20H,1-2H3,(H,18,19). The van der Waals surface area contributed by atoms with Crippen LogP contribution in [0.4, 0.5) is 0 Å². The third-order valence-corrected chi connectivity index (χ3v) is 3.62. The highest BCUT2D eigenvalue weighted by Crippen LogP contribution is 2.39. The number of amides is 1. The summed E-state index contributed by atoms with van der Waals surface area (Å²) in [5.74, 6) is -1.84. The highest BCUT2D eigenvalue weighted by Gasteiger charge is 2.48. The molecule has 1 aliphatic rings. The van der Waals surface area contributed by atoms with E-state index in [9.17, 15) is 14.7 Å². The van der Waals surface area contributed by atoms with Gasteiger partial charge in [-0.3, -0.25) is 19.9 Å². The average molecular weight is 298 g/mol. The van der Waals surface area contributed by atoms with E-state index in [1.165, 1.54) is 6.92 Å². The zero-order chi connectivity index (χ0) is 15.9. The Bertz CT molecular complexity index is 823. The number of hydrogen-bond acceptors (Lipinski definition) is 5. The number of para-hydroxylation sites is 1. The second kappa shape index (κ2) is 4.84. The Balaban J connectivity index is 2.12. The first-order valence-electron chi connectivity index (χ1n) is 6.72. The number of carbonyl (C=O) groups excluding carboxylic acids is 2. The summed E-state index contributed by atoms with van der Waals surface area (Å²) in [6.45, 7) is 2.83. The smallest absolute Gasteiger partial charge is 0.250 e. The minimum Gasteiger partial charge on any atom is -0.501 e. The van der Waals surface area contributed by atoms with Crippen LogP contribution < -0.4 is 5.32 Å². The maximum absolute atomic E-state index is 12.5. The van der Waals surface area contributed by atoms with Gasteiger partial charge in [0.05, 0.1) is 5.52 Å². The first kappa shape index (κ1) is 14.1. The predicted octanol–water partition coefficient (Wildman–Crippen LogP) is 1.91. The van der Waals surface area contributed by atoms with Gasteiger partial charge in [0.2, 0.25) is 17.5 Å². The van der Waals surface area contributed by atoms with Crippen LogP contribution in [0.2, 0.25) is 0 Å². The van der Waals surface area contributed by atoms with Gasteiger partial charge >= 0.3 is 0 Å². The van der Waals surface area contributed by atoms with Crippen molar-refractivity contribution in [2.75, 3.05) is 0 Å². The van der Waals surface area contributed by atoms with Crippen molar-refractivity contribution in [1.29, 1.82) is 0 Å². The molecule has 0 radical (unpaired) electrons. The van der Waals surface area contributed by atoms with Crippen LogP contribution in [0.15, 0.2) is 48.2 Å². The molecule has 112 valence electrons. The van der Waals surface area contributed by atoms with Gasteiger partial charge in [0, 0.05) is 24.1 Å². The number of aliphatic hydroxyl groups excluding tert-OH is 1. The fourth-order valence-electron chi connectivity index (χ4n) is 2.56. The summed E-state index contributed by atoms with van der Waals surface area (Å²) >= 11 is 0. The van der Waals surface area contributed by atoms with Crippen LogP contribution in [-0.2, 0) is 19.9 Å². The first-order chi connectivity index (χ1) is 10.4. The quantitative estimate of drug-likeness (QED) is 0.884. The monoisotopic (exact) mass is 298 g/mol. The molecule has 1 unspecified atom stereocenters. The Hall–Kier alpha value is -2.89. The molecule has 1 aromatic carbocycles. The molecule has 2 N–H and O–H groups in total. The molecule has 1 aliphatic heterocycles. The summed E-state index contributed by atoms with van der Waals surface area (Å²) < 4.78 is 5.60. The van der Waals surface area contributed by atoms with Gasteiger partial charge < -0.3 is 9.84 Å².